The number of primary amides is 1. The third-order valence-electron chi connectivity index (χ3n) is 4.03. The minimum absolute atomic E-state index is 0.158. The van der Waals surface area contributed by atoms with Crippen LogP contribution in [0.4, 0.5) is 4.39 Å². The molecule has 2 aromatic rings. The zero-order valence-corrected chi connectivity index (χ0v) is 11.4. The monoisotopic (exact) mass is 289 g/mol. The first kappa shape index (κ1) is 13.6. The van der Waals surface area contributed by atoms with Crippen LogP contribution in [0.1, 0.15) is 23.3 Å². The predicted octanol–water partition coefficient (Wildman–Crippen LogP) is 1.64. The first-order valence-corrected chi connectivity index (χ1v) is 6.92. The number of hydrogen-bond donors (Lipinski definition) is 2. The molecule has 1 aliphatic rings. The van der Waals surface area contributed by atoms with Crippen molar-refractivity contribution in [2.24, 2.45) is 11.7 Å². The number of rotatable bonds is 2. The lowest BCUT2D eigenvalue weighted by molar-refractivity contribution is -0.123. The second-order valence-corrected chi connectivity index (χ2v) is 5.35. The van der Waals surface area contributed by atoms with Crippen LogP contribution in [0.25, 0.3) is 10.9 Å². The fourth-order valence-corrected chi connectivity index (χ4v) is 2.77. The highest BCUT2D eigenvalue weighted by Crippen LogP contribution is 2.22. The molecule has 1 fully saturated rings. The van der Waals surface area contributed by atoms with E-state index in [9.17, 15) is 14.0 Å². The number of aromatic nitrogens is 1. The number of benzene rings is 1. The number of carbonyl (C=O) groups is 2. The van der Waals surface area contributed by atoms with Gasteiger partial charge in [0.1, 0.15) is 11.5 Å². The number of piperidine rings is 1. The summed E-state index contributed by atoms with van der Waals surface area (Å²) in [6.07, 6.45) is 1.16. The maximum atomic E-state index is 13.6. The van der Waals surface area contributed by atoms with Gasteiger partial charge in [-0.25, -0.2) is 4.39 Å². The third-order valence-corrected chi connectivity index (χ3v) is 4.03. The first-order chi connectivity index (χ1) is 10.1. The van der Waals surface area contributed by atoms with Crippen LogP contribution in [0.5, 0.6) is 0 Å². The molecule has 0 atom stereocenters. The number of nitrogens with one attached hydrogen (secondary N) is 1. The number of amides is 2. The Morgan fingerprint density at radius 1 is 1.29 bits per heavy atom. The zero-order chi connectivity index (χ0) is 15.0. The Bertz CT molecular complexity index is 702. The minimum atomic E-state index is -0.352. The molecule has 2 heterocycles. The summed E-state index contributed by atoms with van der Waals surface area (Å²) >= 11 is 0. The fourth-order valence-electron chi connectivity index (χ4n) is 2.77. The van der Waals surface area contributed by atoms with Crippen molar-refractivity contribution < 1.29 is 14.0 Å². The Labute approximate surface area is 120 Å². The average molecular weight is 289 g/mol. The van der Waals surface area contributed by atoms with E-state index in [1.165, 1.54) is 12.1 Å². The predicted molar refractivity (Wildman–Crippen MR) is 76.1 cm³/mol. The normalized spacial score (nSPS) is 16.3. The van der Waals surface area contributed by atoms with Gasteiger partial charge in [0, 0.05) is 29.9 Å². The summed E-state index contributed by atoms with van der Waals surface area (Å²) in [7, 11) is 0. The Kier molecular flexibility index (Phi) is 3.37. The Balaban J connectivity index is 1.78. The van der Waals surface area contributed by atoms with Crippen molar-refractivity contribution in [1.82, 2.24) is 9.88 Å². The fraction of sp³-hybridized carbons (Fsp3) is 0.333. The quantitative estimate of drug-likeness (QED) is 0.881. The molecule has 21 heavy (non-hydrogen) atoms. The van der Waals surface area contributed by atoms with E-state index in [4.69, 9.17) is 5.73 Å². The summed E-state index contributed by atoms with van der Waals surface area (Å²) in [5.74, 6) is -0.993. The molecule has 0 unspecified atom stereocenters. The molecule has 0 radical (unpaired) electrons. The van der Waals surface area contributed by atoms with Crippen molar-refractivity contribution in [3.05, 3.63) is 35.8 Å². The molecule has 6 heteroatoms. The second kappa shape index (κ2) is 5.20. The Hall–Kier alpha value is -2.37. The number of H-pyrrole nitrogens is 1. The molecule has 0 spiro atoms. The zero-order valence-electron chi connectivity index (χ0n) is 11.4. The summed E-state index contributed by atoms with van der Waals surface area (Å²) in [5.41, 5.74) is 6.25. The van der Waals surface area contributed by atoms with Gasteiger partial charge in [0.2, 0.25) is 5.91 Å². The highest BCUT2D eigenvalue weighted by Gasteiger charge is 2.27. The lowest BCUT2D eigenvalue weighted by Crippen LogP contribution is -2.41. The van der Waals surface area contributed by atoms with E-state index in [1.54, 1.807) is 17.0 Å². The molecule has 5 nitrogen and oxygen atoms in total. The van der Waals surface area contributed by atoms with Crippen LogP contribution in [0.3, 0.4) is 0 Å². The Morgan fingerprint density at radius 2 is 2.00 bits per heavy atom. The van der Waals surface area contributed by atoms with Crippen LogP contribution in [-0.2, 0) is 4.79 Å². The standard InChI is InChI=1S/C15H16FN3O2/c16-11-2-1-3-12-10(11)8-13(18-12)15(21)19-6-4-9(5-7-19)14(17)20/h1-3,8-9,18H,4-7H2,(H2,17,20). The van der Waals surface area contributed by atoms with E-state index in [0.29, 0.717) is 42.5 Å². The molecule has 110 valence electrons. The minimum Gasteiger partial charge on any atom is -0.369 e. The van der Waals surface area contributed by atoms with Crippen molar-refractivity contribution in [2.45, 2.75) is 12.8 Å². The topological polar surface area (TPSA) is 79.2 Å². The van der Waals surface area contributed by atoms with Crippen molar-refractivity contribution >= 4 is 22.7 Å². The van der Waals surface area contributed by atoms with Crippen LogP contribution in [0.15, 0.2) is 24.3 Å². The van der Waals surface area contributed by atoms with Crippen LogP contribution in [0.2, 0.25) is 0 Å². The number of nitrogens with zero attached hydrogens (tertiary/aromatic N) is 1. The van der Waals surface area contributed by atoms with Crippen molar-refractivity contribution in [3.8, 4) is 0 Å². The molecular weight excluding hydrogens is 273 g/mol. The molecule has 3 N–H and O–H groups in total. The number of hydrogen-bond acceptors (Lipinski definition) is 2. The lowest BCUT2D eigenvalue weighted by atomic mass is 9.96. The van der Waals surface area contributed by atoms with Gasteiger partial charge >= 0.3 is 0 Å². The molecular formula is C15H16FN3O2. The summed E-state index contributed by atoms with van der Waals surface area (Å²) in [5, 5.41) is 0.410. The lowest BCUT2D eigenvalue weighted by Gasteiger charge is -2.30. The van der Waals surface area contributed by atoms with Crippen LogP contribution >= 0.6 is 0 Å². The number of halogens is 1. The summed E-state index contributed by atoms with van der Waals surface area (Å²) in [6, 6.07) is 6.23. The number of likely N-dealkylation sites (tertiary alicyclic amines) is 1. The van der Waals surface area contributed by atoms with Gasteiger partial charge in [-0.3, -0.25) is 9.59 Å². The summed E-state index contributed by atoms with van der Waals surface area (Å²) < 4.78 is 13.6. The second-order valence-electron chi connectivity index (χ2n) is 5.35. The summed E-state index contributed by atoms with van der Waals surface area (Å²) in [6.45, 7) is 0.981. The number of fused-ring (bicyclic) bond motifs is 1. The number of carbonyl (C=O) groups excluding carboxylic acids is 2. The molecule has 1 aliphatic heterocycles. The largest absolute Gasteiger partial charge is 0.369 e. The van der Waals surface area contributed by atoms with E-state index in [-0.39, 0.29) is 23.5 Å². The van der Waals surface area contributed by atoms with Gasteiger partial charge in [0.05, 0.1) is 0 Å². The van der Waals surface area contributed by atoms with E-state index < -0.39 is 0 Å². The number of aromatic amines is 1. The maximum Gasteiger partial charge on any atom is 0.270 e. The van der Waals surface area contributed by atoms with Gasteiger partial charge in [0.25, 0.3) is 5.91 Å². The van der Waals surface area contributed by atoms with Gasteiger partial charge in [-0.2, -0.15) is 0 Å². The average Bonchev–Trinajstić information content (AvgIpc) is 2.92. The van der Waals surface area contributed by atoms with Crippen LogP contribution in [0, 0.1) is 11.7 Å². The van der Waals surface area contributed by atoms with E-state index in [1.807, 2.05) is 0 Å². The van der Waals surface area contributed by atoms with Crippen molar-refractivity contribution in [2.75, 3.05) is 13.1 Å². The molecule has 0 bridgehead atoms. The van der Waals surface area contributed by atoms with Gasteiger partial charge in [-0.15, -0.1) is 0 Å². The third kappa shape index (κ3) is 2.49. The van der Waals surface area contributed by atoms with E-state index >= 15 is 0 Å². The maximum absolute atomic E-state index is 13.6. The SMILES string of the molecule is NC(=O)C1CCN(C(=O)c2cc3c(F)cccc3[nH]2)CC1. The van der Waals surface area contributed by atoms with Crippen molar-refractivity contribution in [3.63, 3.8) is 0 Å². The van der Waals surface area contributed by atoms with Gasteiger partial charge in [-0.05, 0) is 31.0 Å². The molecule has 0 saturated carbocycles. The molecule has 3 rings (SSSR count). The van der Waals surface area contributed by atoms with Crippen LogP contribution < -0.4 is 5.73 Å². The molecule has 1 aromatic heterocycles. The highest BCUT2D eigenvalue weighted by molar-refractivity contribution is 5.98. The highest BCUT2D eigenvalue weighted by atomic mass is 19.1. The van der Waals surface area contributed by atoms with Gasteiger partial charge in [0.15, 0.2) is 0 Å². The van der Waals surface area contributed by atoms with Gasteiger partial charge in [-0.1, -0.05) is 6.07 Å². The Morgan fingerprint density at radius 3 is 2.62 bits per heavy atom. The van der Waals surface area contributed by atoms with Crippen LogP contribution in [-0.4, -0.2) is 34.8 Å². The van der Waals surface area contributed by atoms with Gasteiger partial charge < -0.3 is 15.6 Å². The van der Waals surface area contributed by atoms with Crippen molar-refractivity contribution in [1.29, 1.82) is 0 Å². The molecule has 0 aliphatic carbocycles. The van der Waals surface area contributed by atoms with E-state index in [0.717, 1.165) is 0 Å². The first-order valence-electron chi connectivity index (χ1n) is 6.92. The van der Waals surface area contributed by atoms with E-state index in [2.05, 4.69) is 4.98 Å². The smallest absolute Gasteiger partial charge is 0.270 e. The molecule has 1 aromatic carbocycles. The number of nitrogens with two attached hydrogens (primary N) is 1. The molecule has 2 amide bonds. The summed E-state index contributed by atoms with van der Waals surface area (Å²) in [4.78, 5) is 28.2. The molecule has 1 saturated heterocycles.